The Morgan fingerprint density at radius 1 is 1.29 bits per heavy atom. The number of thiol groups is 2. The molecule has 0 saturated heterocycles. The molecule has 0 fully saturated rings. The van der Waals surface area contributed by atoms with Gasteiger partial charge in [0.1, 0.15) is 0 Å². The van der Waals surface area contributed by atoms with Gasteiger partial charge in [0.05, 0.1) is 10.0 Å². The lowest BCUT2D eigenvalue weighted by Gasteiger charge is -2.09. The summed E-state index contributed by atoms with van der Waals surface area (Å²) in [5, 5.41) is 3.30. The molecule has 1 aromatic carbocycles. The fourth-order valence-corrected chi connectivity index (χ4v) is 1.15. The SMILES string of the molecule is O=C(Nc1ccc(Cl)c(Cl)c1)N(S)S. The monoisotopic (exact) mass is 268 g/mol. The van der Waals surface area contributed by atoms with E-state index in [1.807, 2.05) is 0 Å². The minimum absolute atomic E-state index is 0.370. The van der Waals surface area contributed by atoms with Crippen LogP contribution >= 0.6 is 48.8 Å². The summed E-state index contributed by atoms with van der Waals surface area (Å²) in [5.41, 5.74) is 0.525. The van der Waals surface area contributed by atoms with Gasteiger partial charge < -0.3 is 5.32 Å². The number of rotatable bonds is 1. The molecule has 0 atom stereocenters. The van der Waals surface area contributed by atoms with E-state index >= 15 is 0 Å². The molecule has 0 spiro atoms. The molecule has 1 aromatic rings. The van der Waals surface area contributed by atoms with Crippen molar-refractivity contribution in [2.24, 2.45) is 0 Å². The highest BCUT2D eigenvalue weighted by Gasteiger charge is 2.06. The normalized spacial score (nSPS) is 9.71. The van der Waals surface area contributed by atoms with Crippen molar-refractivity contribution in [2.45, 2.75) is 0 Å². The first-order chi connectivity index (χ1) is 6.50. The van der Waals surface area contributed by atoms with Crippen LogP contribution in [0.15, 0.2) is 18.2 Å². The lowest BCUT2D eigenvalue weighted by Crippen LogP contribution is -2.19. The van der Waals surface area contributed by atoms with Gasteiger partial charge in [-0.15, -0.1) is 0 Å². The van der Waals surface area contributed by atoms with Crippen LogP contribution in [-0.4, -0.2) is 9.74 Å². The summed E-state index contributed by atoms with van der Waals surface area (Å²) in [6, 6.07) is 4.26. The largest absolute Gasteiger partial charge is 0.341 e. The number of halogens is 2. The maximum atomic E-state index is 11.1. The van der Waals surface area contributed by atoms with Gasteiger partial charge in [0.15, 0.2) is 0 Å². The number of carbonyl (C=O) groups is 1. The van der Waals surface area contributed by atoms with Crippen LogP contribution in [0.3, 0.4) is 0 Å². The summed E-state index contributed by atoms with van der Waals surface area (Å²) < 4.78 is 0.822. The van der Waals surface area contributed by atoms with Gasteiger partial charge in [0, 0.05) is 5.69 Å². The maximum absolute atomic E-state index is 11.1. The Balaban J connectivity index is 2.78. The first-order valence-electron chi connectivity index (χ1n) is 3.44. The van der Waals surface area contributed by atoms with Crippen LogP contribution in [-0.2, 0) is 0 Å². The lowest BCUT2D eigenvalue weighted by atomic mass is 10.3. The quantitative estimate of drug-likeness (QED) is 0.670. The minimum atomic E-state index is -0.477. The number of amides is 2. The molecule has 0 aliphatic heterocycles. The summed E-state index contributed by atoms with van der Waals surface area (Å²) in [4.78, 5) is 11.1. The minimum Gasteiger partial charge on any atom is -0.306 e. The third kappa shape index (κ3) is 3.16. The van der Waals surface area contributed by atoms with Gasteiger partial charge in [-0.3, -0.25) is 0 Å². The van der Waals surface area contributed by atoms with Crippen LogP contribution in [0.2, 0.25) is 10.0 Å². The van der Waals surface area contributed by atoms with Gasteiger partial charge in [0.25, 0.3) is 0 Å². The molecule has 0 aliphatic rings. The molecule has 1 N–H and O–H groups in total. The molecular weight excluding hydrogens is 263 g/mol. The predicted octanol–water partition coefficient (Wildman–Crippen LogP) is 3.52. The second kappa shape index (κ2) is 5.02. The molecule has 0 unspecified atom stereocenters. The highest BCUT2D eigenvalue weighted by Crippen LogP contribution is 2.25. The maximum Gasteiger partial charge on any atom is 0.341 e. The Labute approximate surface area is 102 Å². The Morgan fingerprint density at radius 3 is 2.43 bits per heavy atom. The summed E-state index contributed by atoms with van der Waals surface area (Å²) in [5.74, 6) is 0. The summed E-state index contributed by atoms with van der Waals surface area (Å²) >= 11 is 18.8. The van der Waals surface area contributed by atoms with E-state index in [-0.39, 0.29) is 0 Å². The third-order valence-electron chi connectivity index (χ3n) is 1.35. The van der Waals surface area contributed by atoms with Crippen molar-refractivity contribution in [1.82, 2.24) is 3.71 Å². The number of nitrogens with zero attached hydrogens (tertiary/aromatic N) is 1. The smallest absolute Gasteiger partial charge is 0.306 e. The highest BCUT2D eigenvalue weighted by molar-refractivity contribution is 7.94. The van der Waals surface area contributed by atoms with Gasteiger partial charge in [-0.1, -0.05) is 48.8 Å². The molecule has 0 bridgehead atoms. The second-order valence-electron chi connectivity index (χ2n) is 2.35. The van der Waals surface area contributed by atoms with E-state index in [2.05, 4.69) is 30.9 Å². The molecular formula is C7H6Cl2N2OS2. The van der Waals surface area contributed by atoms with Crippen LogP contribution in [0.1, 0.15) is 0 Å². The summed E-state index contributed by atoms with van der Waals surface area (Å²) in [6.07, 6.45) is 0. The van der Waals surface area contributed by atoms with E-state index in [4.69, 9.17) is 23.2 Å². The Hall–Kier alpha value is -0.230. The number of carbonyl (C=O) groups excluding carboxylic acids is 1. The molecule has 0 radical (unpaired) electrons. The van der Waals surface area contributed by atoms with E-state index in [1.54, 1.807) is 12.1 Å². The van der Waals surface area contributed by atoms with Crippen LogP contribution < -0.4 is 5.32 Å². The van der Waals surface area contributed by atoms with Crippen LogP contribution in [0.25, 0.3) is 0 Å². The zero-order chi connectivity index (χ0) is 10.7. The van der Waals surface area contributed by atoms with E-state index in [0.717, 1.165) is 3.71 Å². The van der Waals surface area contributed by atoms with Crippen molar-refractivity contribution >= 4 is 60.6 Å². The van der Waals surface area contributed by atoms with Gasteiger partial charge in [-0.2, -0.15) is 0 Å². The highest BCUT2D eigenvalue weighted by atomic mass is 35.5. The average molecular weight is 269 g/mol. The number of nitrogens with one attached hydrogen (secondary N) is 1. The number of benzene rings is 1. The number of urea groups is 1. The molecule has 76 valence electrons. The molecule has 7 heteroatoms. The predicted molar refractivity (Wildman–Crippen MR) is 65.3 cm³/mol. The third-order valence-corrected chi connectivity index (χ3v) is 2.45. The molecule has 0 saturated carbocycles. The van der Waals surface area contributed by atoms with E-state index in [9.17, 15) is 4.79 Å². The van der Waals surface area contributed by atoms with Crippen molar-refractivity contribution in [1.29, 1.82) is 0 Å². The second-order valence-corrected chi connectivity index (χ2v) is 4.28. The number of anilines is 1. The van der Waals surface area contributed by atoms with Crippen molar-refractivity contribution in [3.63, 3.8) is 0 Å². The van der Waals surface area contributed by atoms with Crippen molar-refractivity contribution in [2.75, 3.05) is 5.32 Å². The first kappa shape index (κ1) is 11.8. The fourth-order valence-electron chi connectivity index (χ4n) is 0.747. The van der Waals surface area contributed by atoms with Crippen molar-refractivity contribution < 1.29 is 4.79 Å². The fraction of sp³-hybridized carbons (Fsp3) is 0. The molecule has 1 rings (SSSR count). The number of hydrogen-bond donors (Lipinski definition) is 3. The summed E-state index contributed by atoms with van der Waals surface area (Å²) in [7, 11) is 0. The molecule has 2 amide bonds. The summed E-state index contributed by atoms with van der Waals surface area (Å²) in [6.45, 7) is 0. The van der Waals surface area contributed by atoms with Gasteiger partial charge in [0.2, 0.25) is 0 Å². The zero-order valence-corrected chi connectivity index (χ0v) is 10.0. The standard InChI is InChI=1S/C7H6Cl2N2OS2/c8-5-2-1-4(3-6(5)9)10-7(12)11(13)14/h1-3,13-14H,(H,10,12). The van der Waals surface area contributed by atoms with Gasteiger partial charge in [-0.25, -0.2) is 8.51 Å². The zero-order valence-electron chi connectivity index (χ0n) is 6.74. The first-order valence-corrected chi connectivity index (χ1v) is 5.00. The van der Waals surface area contributed by atoms with E-state index in [0.29, 0.717) is 15.7 Å². The number of hydrogen-bond acceptors (Lipinski definition) is 3. The average Bonchev–Trinajstić information content (AvgIpc) is 2.11. The van der Waals surface area contributed by atoms with Crippen LogP contribution in [0, 0.1) is 0 Å². The Kier molecular flexibility index (Phi) is 4.25. The lowest BCUT2D eigenvalue weighted by molar-refractivity contribution is 0.250. The van der Waals surface area contributed by atoms with Gasteiger partial charge >= 0.3 is 6.03 Å². The molecule has 0 heterocycles. The van der Waals surface area contributed by atoms with Crippen molar-refractivity contribution in [3.8, 4) is 0 Å². The van der Waals surface area contributed by atoms with Gasteiger partial charge in [-0.05, 0) is 18.2 Å². The van der Waals surface area contributed by atoms with Crippen molar-refractivity contribution in [3.05, 3.63) is 28.2 Å². The van der Waals surface area contributed by atoms with Crippen LogP contribution in [0.5, 0.6) is 0 Å². The van der Waals surface area contributed by atoms with E-state index < -0.39 is 6.03 Å². The van der Waals surface area contributed by atoms with Crippen LogP contribution in [0.4, 0.5) is 10.5 Å². The molecule has 3 nitrogen and oxygen atoms in total. The Morgan fingerprint density at radius 2 is 1.93 bits per heavy atom. The molecule has 0 aromatic heterocycles. The Bertz CT molecular complexity index is 360. The molecule has 0 aliphatic carbocycles. The van der Waals surface area contributed by atoms with E-state index in [1.165, 1.54) is 6.07 Å². The molecule has 14 heavy (non-hydrogen) atoms. The topological polar surface area (TPSA) is 32.3 Å².